The van der Waals surface area contributed by atoms with Crippen molar-refractivity contribution in [2.45, 2.75) is 57.7 Å². The molecule has 0 aliphatic carbocycles. The summed E-state index contributed by atoms with van der Waals surface area (Å²) in [7, 11) is 0. The number of carbonyl (C=O) groups is 2. The summed E-state index contributed by atoms with van der Waals surface area (Å²) in [4.78, 5) is 41.0. The summed E-state index contributed by atoms with van der Waals surface area (Å²) in [6.45, 7) is 2.73. The van der Waals surface area contributed by atoms with Crippen LogP contribution in [0.4, 0.5) is 4.39 Å². The molecule has 218 valence electrons. The van der Waals surface area contributed by atoms with Crippen LogP contribution in [-0.2, 0) is 4.79 Å². The maximum atomic E-state index is 15.2. The Labute approximate surface area is 246 Å². The number of H-pyrrole nitrogens is 1. The van der Waals surface area contributed by atoms with Gasteiger partial charge in [-0.3, -0.25) is 14.4 Å². The summed E-state index contributed by atoms with van der Waals surface area (Å²) in [6.07, 6.45) is 1.36. The van der Waals surface area contributed by atoms with Gasteiger partial charge in [0.2, 0.25) is 5.91 Å². The molecule has 10 nitrogen and oxygen atoms in total. The first kappa shape index (κ1) is 29.2. The van der Waals surface area contributed by atoms with Gasteiger partial charge in [-0.15, -0.1) is 0 Å². The molecular formula is C30H29ClFN5O5. The van der Waals surface area contributed by atoms with Gasteiger partial charge in [-0.05, 0) is 74.9 Å². The molecule has 3 heterocycles. The fourth-order valence-electron chi connectivity index (χ4n) is 5.96. The smallest absolute Gasteiger partial charge is 0.307 e. The number of aliphatic hydroxyl groups excluding tert-OH is 1. The highest BCUT2D eigenvalue weighted by molar-refractivity contribution is 6.30. The average Bonchev–Trinajstić information content (AvgIpc) is 3.38. The van der Waals surface area contributed by atoms with E-state index in [9.17, 15) is 24.8 Å². The quantitative estimate of drug-likeness (QED) is 0.390. The minimum atomic E-state index is -1.20. The van der Waals surface area contributed by atoms with Crippen LogP contribution in [0.15, 0.2) is 47.3 Å². The van der Waals surface area contributed by atoms with Crippen LogP contribution in [0, 0.1) is 36.4 Å². The van der Waals surface area contributed by atoms with E-state index in [4.69, 9.17) is 16.3 Å². The Morgan fingerprint density at radius 1 is 1.26 bits per heavy atom. The van der Waals surface area contributed by atoms with Gasteiger partial charge in [0.25, 0.3) is 5.91 Å². The van der Waals surface area contributed by atoms with E-state index in [0.29, 0.717) is 23.6 Å². The SMILES string of the molecule is Cc1cc(Oc2c(C)cc(C(=O)N[C@@H]3CC[C@@](C#N)(CO)C4CC[C@@H](c5cccc(Cl)c5)N4C3=O)cc2F)c(=O)[nH]n1. The van der Waals surface area contributed by atoms with Gasteiger partial charge >= 0.3 is 5.56 Å². The van der Waals surface area contributed by atoms with Crippen LogP contribution >= 0.6 is 11.6 Å². The standard InChI is InChI=1S/C30H29ClFN5O5/c1-16-10-19(13-21(32)26(16)42-24-11-17(2)35-36-28(24)40)27(39)34-22-8-9-30(14-33,15-38)25-7-6-23(37(25)29(22)41)18-4-3-5-20(31)12-18/h3-5,10-13,22-23,25,38H,6-9,15H2,1-2H3,(H,34,39)(H,36,40)/t22-,23+,25?,30-/m1/s1. The number of halogens is 2. The van der Waals surface area contributed by atoms with Crippen molar-refractivity contribution in [1.29, 1.82) is 5.26 Å². The Morgan fingerprint density at radius 2 is 2.05 bits per heavy atom. The molecule has 0 saturated carbocycles. The third kappa shape index (κ3) is 5.35. The molecule has 5 rings (SSSR count). The van der Waals surface area contributed by atoms with Gasteiger partial charge in [-0.2, -0.15) is 10.4 Å². The van der Waals surface area contributed by atoms with Crippen LogP contribution in [0.25, 0.3) is 0 Å². The highest BCUT2D eigenvalue weighted by atomic mass is 35.5. The van der Waals surface area contributed by atoms with Crippen molar-refractivity contribution in [3.05, 3.63) is 86.0 Å². The number of ether oxygens (including phenoxy) is 1. The number of aliphatic hydroxyl groups is 1. The number of aromatic nitrogens is 2. The lowest BCUT2D eigenvalue weighted by atomic mass is 9.77. The maximum Gasteiger partial charge on any atom is 0.307 e. The fraction of sp³-hybridized carbons (Fsp3) is 0.367. The molecule has 3 aromatic rings. The number of aryl methyl sites for hydroxylation is 2. The Kier molecular flexibility index (Phi) is 8.03. The molecule has 0 spiro atoms. The summed E-state index contributed by atoms with van der Waals surface area (Å²) in [5, 5.41) is 29.7. The number of benzene rings is 2. The summed E-state index contributed by atoms with van der Waals surface area (Å²) in [5.74, 6) is -2.32. The molecule has 0 radical (unpaired) electrons. The molecule has 2 amide bonds. The molecule has 2 aliphatic rings. The van der Waals surface area contributed by atoms with Crippen LogP contribution in [0.3, 0.4) is 0 Å². The van der Waals surface area contributed by atoms with Crippen molar-refractivity contribution in [1.82, 2.24) is 20.4 Å². The van der Waals surface area contributed by atoms with E-state index < -0.39 is 47.4 Å². The summed E-state index contributed by atoms with van der Waals surface area (Å²) in [5.41, 5.74) is -0.371. The van der Waals surface area contributed by atoms with Crippen molar-refractivity contribution in [2.24, 2.45) is 5.41 Å². The van der Waals surface area contributed by atoms with E-state index in [1.54, 1.807) is 30.0 Å². The topological polar surface area (TPSA) is 148 Å². The van der Waals surface area contributed by atoms with Crippen molar-refractivity contribution in [3.63, 3.8) is 0 Å². The lowest BCUT2D eigenvalue weighted by Crippen LogP contribution is -2.51. The van der Waals surface area contributed by atoms with Gasteiger partial charge in [0.1, 0.15) is 11.5 Å². The van der Waals surface area contributed by atoms with Crippen molar-refractivity contribution >= 4 is 23.4 Å². The highest BCUT2D eigenvalue weighted by Crippen LogP contribution is 2.48. The minimum absolute atomic E-state index is 0.0488. The van der Waals surface area contributed by atoms with Crippen LogP contribution < -0.4 is 15.6 Å². The second-order valence-electron chi connectivity index (χ2n) is 10.8. The Balaban J connectivity index is 1.42. The van der Waals surface area contributed by atoms with E-state index >= 15 is 4.39 Å². The van der Waals surface area contributed by atoms with E-state index in [0.717, 1.165) is 11.6 Å². The van der Waals surface area contributed by atoms with Crippen LogP contribution in [0.2, 0.25) is 5.02 Å². The second-order valence-corrected chi connectivity index (χ2v) is 11.2. The number of carbonyl (C=O) groups excluding carboxylic acids is 2. The van der Waals surface area contributed by atoms with E-state index in [2.05, 4.69) is 21.6 Å². The van der Waals surface area contributed by atoms with Crippen molar-refractivity contribution in [3.8, 4) is 17.6 Å². The Bertz CT molecular complexity index is 1630. The predicted octanol–water partition coefficient (Wildman–Crippen LogP) is 4.10. The molecular weight excluding hydrogens is 565 g/mol. The van der Waals surface area contributed by atoms with Crippen LogP contribution in [-0.4, -0.2) is 50.7 Å². The molecule has 1 aromatic heterocycles. The first-order chi connectivity index (χ1) is 20.1. The largest absolute Gasteiger partial charge is 0.448 e. The molecule has 4 atom stereocenters. The van der Waals surface area contributed by atoms with Gasteiger partial charge < -0.3 is 20.1 Å². The van der Waals surface area contributed by atoms with Gasteiger partial charge in [0.05, 0.1) is 30.5 Å². The third-order valence-corrected chi connectivity index (χ3v) is 8.33. The van der Waals surface area contributed by atoms with Gasteiger partial charge in [-0.25, -0.2) is 9.49 Å². The van der Waals surface area contributed by atoms with Crippen molar-refractivity contribution < 1.29 is 23.8 Å². The normalized spacial score (nSPS) is 23.6. The number of hydrogen-bond acceptors (Lipinski definition) is 7. The van der Waals surface area contributed by atoms with E-state index in [1.165, 1.54) is 19.1 Å². The number of nitrogens with one attached hydrogen (secondary N) is 2. The van der Waals surface area contributed by atoms with Crippen LogP contribution in [0.5, 0.6) is 11.5 Å². The Morgan fingerprint density at radius 3 is 2.74 bits per heavy atom. The van der Waals surface area contributed by atoms with Crippen LogP contribution in [0.1, 0.15) is 58.9 Å². The van der Waals surface area contributed by atoms with E-state index in [-0.39, 0.29) is 41.4 Å². The number of nitriles is 1. The number of amides is 2. The molecule has 2 aromatic carbocycles. The number of aromatic amines is 1. The molecule has 0 bridgehead atoms. The zero-order chi connectivity index (χ0) is 30.2. The summed E-state index contributed by atoms with van der Waals surface area (Å²) in [6, 6.07) is 11.2. The lowest BCUT2D eigenvalue weighted by Gasteiger charge is -2.37. The molecule has 2 fully saturated rings. The number of rotatable bonds is 6. The number of hydrogen-bond donors (Lipinski definition) is 3. The first-order valence-corrected chi connectivity index (χ1v) is 13.9. The molecule has 12 heteroatoms. The van der Waals surface area contributed by atoms with Crippen molar-refractivity contribution in [2.75, 3.05) is 6.61 Å². The molecule has 2 saturated heterocycles. The second kappa shape index (κ2) is 11.5. The number of nitrogens with zero attached hydrogens (tertiary/aromatic N) is 3. The Hall–Kier alpha value is -4.27. The highest BCUT2D eigenvalue weighted by Gasteiger charge is 2.53. The molecule has 3 N–H and O–H groups in total. The average molecular weight is 594 g/mol. The molecule has 2 aliphatic heterocycles. The molecule has 1 unspecified atom stereocenters. The van der Waals surface area contributed by atoms with E-state index in [1.807, 2.05) is 6.07 Å². The molecule has 42 heavy (non-hydrogen) atoms. The zero-order valence-electron chi connectivity index (χ0n) is 23.0. The van der Waals surface area contributed by atoms with Gasteiger partial charge in [-0.1, -0.05) is 23.7 Å². The number of fused-ring (bicyclic) bond motifs is 1. The zero-order valence-corrected chi connectivity index (χ0v) is 23.7. The third-order valence-electron chi connectivity index (χ3n) is 8.10. The van der Waals surface area contributed by atoms with Gasteiger partial charge in [0.15, 0.2) is 17.3 Å². The first-order valence-electron chi connectivity index (χ1n) is 13.5. The minimum Gasteiger partial charge on any atom is -0.448 e. The summed E-state index contributed by atoms with van der Waals surface area (Å²) < 4.78 is 20.7. The lowest BCUT2D eigenvalue weighted by molar-refractivity contribution is -0.137. The predicted molar refractivity (Wildman–Crippen MR) is 150 cm³/mol. The summed E-state index contributed by atoms with van der Waals surface area (Å²) >= 11 is 6.23. The monoisotopic (exact) mass is 593 g/mol. The fourth-order valence-corrected chi connectivity index (χ4v) is 6.16. The maximum absolute atomic E-state index is 15.2. The van der Waals surface area contributed by atoms with Gasteiger partial charge in [0, 0.05) is 16.7 Å².